The molecule has 110 valence electrons. The van der Waals surface area contributed by atoms with Gasteiger partial charge in [0.2, 0.25) is 5.91 Å². The molecular formula is C15H29N3O. The normalized spacial score (nSPS) is 26.6. The van der Waals surface area contributed by atoms with Crippen LogP contribution in [-0.4, -0.2) is 60.5 Å². The van der Waals surface area contributed by atoms with E-state index >= 15 is 0 Å². The van der Waals surface area contributed by atoms with Gasteiger partial charge < -0.3 is 10.2 Å². The summed E-state index contributed by atoms with van der Waals surface area (Å²) in [6.07, 6.45) is 6.13. The highest BCUT2D eigenvalue weighted by molar-refractivity contribution is 5.81. The summed E-state index contributed by atoms with van der Waals surface area (Å²) in [5.74, 6) is 0.348. The van der Waals surface area contributed by atoms with Crippen LogP contribution in [0.3, 0.4) is 0 Å². The smallest absolute Gasteiger partial charge is 0.239 e. The number of carbonyl (C=O) groups is 1. The molecule has 0 saturated carbocycles. The van der Waals surface area contributed by atoms with Gasteiger partial charge >= 0.3 is 0 Å². The number of amides is 1. The number of likely N-dealkylation sites (tertiary alicyclic amines) is 2. The standard InChI is InChI=1S/C15H29N3O/c1-3-16-12-14-8-4-5-11-18(14)13(2)15(19)17-9-6-7-10-17/h13-14,16H,3-12H2,1-2H3. The summed E-state index contributed by atoms with van der Waals surface area (Å²) >= 11 is 0. The highest BCUT2D eigenvalue weighted by Crippen LogP contribution is 2.21. The van der Waals surface area contributed by atoms with E-state index in [0.717, 1.165) is 32.7 Å². The minimum absolute atomic E-state index is 0.0575. The van der Waals surface area contributed by atoms with Crippen LogP contribution in [0.2, 0.25) is 0 Å². The summed E-state index contributed by atoms with van der Waals surface area (Å²) in [5.41, 5.74) is 0. The van der Waals surface area contributed by atoms with Crippen LogP contribution in [-0.2, 0) is 4.79 Å². The molecule has 0 aromatic heterocycles. The van der Waals surface area contributed by atoms with Crippen molar-refractivity contribution in [2.24, 2.45) is 0 Å². The Morgan fingerprint density at radius 3 is 2.58 bits per heavy atom. The van der Waals surface area contributed by atoms with E-state index in [1.54, 1.807) is 0 Å². The van der Waals surface area contributed by atoms with Crippen molar-refractivity contribution in [3.63, 3.8) is 0 Å². The van der Waals surface area contributed by atoms with Gasteiger partial charge in [0.25, 0.3) is 0 Å². The summed E-state index contributed by atoms with van der Waals surface area (Å²) in [5, 5.41) is 3.44. The number of carbonyl (C=O) groups excluding carboxylic acids is 1. The van der Waals surface area contributed by atoms with Crippen molar-refractivity contribution in [1.82, 2.24) is 15.1 Å². The molecule has 4 heteroatoms. The van der Waals surface area contributed by atoms with Crippen LogP contribution in [0.4, 0.5) is 0 Å². The minimum Gasteiger partial charge on any atom is -0.341 e. The lowest BCUT2D eigenvalue weighted by Gasteiger charge is -2.40. The molecule has 1 N–H and O–H groups in total. The molecule has 2 fully saturated rings. The first-order valence-corrected chi connectivity index (χ1v) is 7.99. The van der Waals surface area contributed by atoms with Gasteiger partial charge in [-0.25, -0.2) is 0 Å². The van der Waals surface area contributed by atoms with Crippen molar-refractivity contribution in [1.29, 1.82) is 0 Å². The number of likely N-dealkylation sites (N-methyl/N-ethyl adjacent to an activating group) is 1. The van der Waals surface area contributed by atoms with Crippen LogP contribution in [0, 0.1) is 0 Å². The van der Waals surface area contributed by atoms with E-state index in [9.17, 15) is 4.79 Å². The summed E-state index contributed by atoms with van der Waals surface area (Å²) in [6.45, 7) is 9.30. The van der Waals surface area contributed by atoms with Gasteiger partial charge in [-0.2, -0.15) is 0 Å². The molecule has 0 bridgehead atoms. The Morgan fingerprint density at radius 2 is 1.89 bits per heavy atom. The molecule has 2 aliphatic heterocycles. The van der Waals surface area contributed by atoms with Gasteiger partial charge in [-0.3, -0.25) is 9.69 Å². The van der Waals surface area contributed by atoms with Gasteiger partial charge in [-0.05, 0) is 45.7 Å². The largest absolute Gasteiger partial charge is 0.341 e. The van der Waals surface area contributed by atoms with E-state index < -0.39 is 0 Å². The molecular weight excluding hydrogens is 238 g/mol. The summed E-state index contributed by atoms with van der Waals surface area (Å²) in [6, 6.07) is 0.595. The van der Waals surface area contributed by atoms with Gasteiger partial charge in [0.1, 0.15) is 0 Å². The monoisotopic (exact) mass is 267 g/mol. The Balaban J connectivity index is 1.93. The number of hydrogen-bond acceptors (Lipinski definition) is 3. The maximum atomic E-state index is 12.5. The van der Waals surface area contributed by atoms with Crippen LogP contribution in [0.15, 0.2) is 0 Å². The lowest BCUT2D eigenvalue weighted by atomic mass is 9.99. The molecule has 2 saturated heterocycles. The van der Waals surface area contributed by atoms with Crippen molar-refractivity contribution >= 4 is 5.91 Å². The van der Waals surface area contributed by atoms with Crippen molar-refractivity contribution in [2.45, 2.75) is 58.0 Å². The van der Waals surface area contributed by atoms with Crippen molar-refractivity contribution in [3.05, 3.63) is 0 Å². The highest BCUT2D eigenvalue weighted by Gasteiger charge is 2.32. The fourth-order valence-electron chi connectivity index (χ4n) is 3.41. The second-order valence-electron chi connectivity index (χ2n) is 5.90. The lowest BCUT2D eigenvalue weighted by Crippen LogP contribution is -2.54. The third-order valence-corrected chi connectivity index (χ3v) is 4.58. The first-order valence-electron chi connectivity index (χ1n) is 7.99. The van der Waals surface area contributed by atoms with E-state index in [0.29, 0.717) is 11.9 Å². The molecule has 4 nitrogen and oxygen atoms in total. The molecule has 0 aromatic rings. The molecule has 1 amide bonds. The molecule has 0 radical (unpaired) electrons. The first kappa shape index (κ1) is 14.8. The number of nitrogens with one attached hydrogen (secondary N) is 1. The van der Waals surface area contributed by atoms with Crippen molar-refractivity contribution in [3.8, 4) is 0 Å². The topological polar surface area (TPSA) is 35.6 Å². The summed E-state index contributed by atoms with van der Waals surface area (Å²) in [7, 11) is 0. The second kappa shape index (κ2) is 7.25. The maximum absolute atomic E-state index is 12.5. The Labute approximate surface area is 117 Å². The molecule has 0 aliphatic carbocycles. The number of nitrogens with zero attached hydrogens (tertiary/aromatic N) is 2. The minimum atomic E-state index is 0.0575. The van der Waals surface area contributed by atoms with E-state index in [1.165, 1.54) is 32.1 Å². The third-order valence-electron chi connectivity index (χ3n) is 4.58. The lowest BCUT2D eigenvalue weighted by molar-refractivity contribution is -0.136. The van der Waals surface area contributed by atoms with E-state index in [-0.39, 0.29) is 6.04 Å². The molecule has 2 rings (SSSR count). The highest BCUT2D eigenvalue weighted by atomic mass is 16.2. The number of piperidine rings is 1. The molecule has 2 heterocycles. The fourth-order valence-corrected chi connectivity index (χ4v) is 3.41. The van der Waals surface area contributed by atoms with E-state index in [1.807, 2.05) is 0 Å². The SMILES string of the molecule is CCNCC1CCCCN1C(C)C(=O)N1CCCC1. The maximum Gasteiger partial charge on any atom is 0.239 e. The third kappa shape index (κ3) is 3.69. The zero-order chi connectivity index (χ0) is 13.7. The van der Waals surface area contributed by atoms with Crippen LogP contribution in [0.1, 0.15) is 46.0 Å². The summed E-state index contributed by atoms with van der Waals surface area (Å²) < 4.78 is 0. The fraction of sp³-hybridized carbons (Fsp3) is 0.933. The Hall–Kier alpha value is -0.610. The zero-order valence-electron chi connectivity index (χ0n) is 12.5. The van der Waals surface area contributed by atoms with Crippen LogP contribution in [0.25, 0.3) is 0 Å². The predicted molar refractivity (Wildman–Crippen MR) is 78.2 cm³/mol. The van der Waals surface area contributed by atoms with Crippen LogP contribution < -0.4 is 5.32 Å². The van der Waals surface area contributed by atoms with Gasteiger partial charge in [0.15, 0.2) is 0 Å². The predicted octanol–water partition coefficient (Wildman–Crippen LogP) is 1.46. The first-order chi connectivity index (χ1) is 9.24. The summed E-state index contributed by atoms with van der Waals surface area (Å²) in [4.78, 5) is 17.0. The molecule has 2 aliphatic rings. The van der Waals surface area contributed by atoms with Crippen LogP contribution in [0.5, 0.6) is 0 Å². The van der Waals surface area contributed by atoms with Gasteiger partial charge in [-0.1, -0.05) is 13.3 Å². The quantitative estimate of drug-likeness (QED) is 0.819. The molecule has 19 heavy (non-hydrogen) atoms. The molecule has 0 aromatic carbocycles. The van der Waals surface area contributed by atoms with Gasteiger partial charge in [0, 0.05) is 25.7 Å². The Morgan fingerprint density at radius 1 is 1.21 bits per heavy atom. The van der Waals surface area contributed by atoms with E-state index in [2.05, 4.69) is 29.0 Å². The molecule has 2 unspecified atom stereocenters. The van der Waals surface area contributed by atoms with E-state index in [4.69, 9.17) is 0 Å². The second-order valence-corrected chi connectivity index (χ2v) is 5.90. The van der Waals surface area contributed by atoms with Crippen molar-refractivity contribution in [2.75, 3.05) is 32.7 Å². The van der Waals surface area contributed by atoms with Crippen LogP contribution >= 0.6 is 0 Å². The Bertz CT molecular complexity index is 289. The molecule has 2 atom stereocenters. The number of hydrogen-bond donors (Lipinski definition) is 1. The Kier molecular flexibility index (Phi) is 5.64. The van der Waals surface area contributed by atoms with Gasteiger partial charge in [0.05, 0.1) is 6.04 Å². The zero-order valence-corrected chi connectivity index (χ0v) is 12.5. The number of rotatable bonds is 5. The average Bonchev–Trinajstić information content (AvgIpc) is 2.98. The van der Waals surface area contributed by atoms with Gasteiger partial charge in [-0.15, -0.1) is 0 Å². The molecule has 0 spiro atoms. The average molecular weight is 267 g/mol. The van der Waals surface area contributed by atoms with Crippen molar-refractivity contribution < 1.29 is 4.79 Å².